The number of aromatic nitrogens is 1. The molecule has 0 spiro atoms. The van der Waals surface area contributed by atoms with Gasteiger partial charge in [0, 0.05) is 36.0 Å². The van der Waals surface area contributed by atoms with E-state index in [1.807, 2.05) is 67.5 Å². The second kappa shape index (κ2) is 9.68. The molecule has 0 fully saturated rings. The molecule has 3 aromatic rings. The zero-order chi connectivity index (χ0) is 21.5. The number of pyridine rings is 1. The summed E-state index contributed by atoms with van der Waals surface area (Å²) in [7, 11) is 3.93. The van der Waals surface area contributed by atoms with Crippen molar-refractivity contribution in [3.63, 3.8) is 0 Å². The molecule has 152 valence electrons. The number of nitrogens with one attached hydrogen (secondary N) is 1. The lowest BCUT2D eigenvalue weighted by Crippen LogP contribution is -2.31. The summed E-state index contributed by atoms with van der Waals surface area (Å²) in [5, 5.41) is 11.9. The van der Waals surface area contributed by atoms with E-state index < -0.39 is 0 Å². The smallest absolute Gasteiger partial charge is 0.251 e. The van der Waals surface area contributed by atoms with Crippen LogP contribution < -0.4 is 11.1 Å². The molecule has 1 heterocycles. The van der Waals surface area contributed by atoms with Gasteiger partial charge in [0.25, 0.3) is 5.91 Å². The normalized spacial score (nSPS) is 10.6. The van der Waals surface area contributed by atoms with E-state index in [9.17, 15) is 4.79 Å². The molecule has 0 saturated heterocycles. The van der Waals surface area contributed by atoms with Gasteiger partial charge in [0.15, 0.2) is 0 Å². The number of rotatable bonds is 7. The molecule has 6 nitrogen and oxygen atoms in total. The van der Waals surface area contributed by atoms with Crippen molar-refractivity contribution in [2.24, 2.45) is 0 Å². The van der Waals surface area contributed by atoms with Crippen LogP contribution in [0.25, 0.3) is 22.3 Å². The molecule has 0 aliphatic carbocycles. The van der Waals surface area contributed by atoms with Crippen LogP contribution in [-0.2, 0) is 6.42 Å². The zero-order valence-electron chi connectivity index (χ0n) is 17.2. The van der Waals surface area contributed by atoms with Crippen LogP contribution in [0, 0.1) is 11.3 Å². The van der Waals surface area contributed by atoms with E-state index in [1.54, 1.807) is 12.3 Å². The summed E-state index contributed by atoms with van der Waals surface area (Å²) in [5.41, 5.74) is 11.1. The maximum absolute atomic E-state index is 12.5. The Kier molecular flexibility index (Phi) is 6.79. The summed E-state index contributed by atoms with van der Waals surface area (Å²) in [6.45, 7) is 1.37. The molecule has 2 aromatic carbocycles. The molecule has 3 N–H and O–H groups in total. The monoisotopic (exact) mass is 399 g/mol. The first kappa shape index (κ1) is 21.0. The highest BCUT2D eigenvalue weighted by Gasteiger charge is 2.11. The highest BCUT2D eigenvalue weighted by Crippen LogP contribution is 2.30. The number of nitrogen functional groups attached to an aromatic ring is 1. The molecule has 0 unspecified atom stereocenters. The van der Waals surface area contributed by atoms with E-state index >= 15 is 0 Å². The minimum absolute atomic E-state index is 0.105. The molecular weight excluding hydrogens is 374 g/mol. The number of likely N-dealkylation sites (N-methyl/N-ethyl adjacent to an activating group) is 1. The Balaban J connectivity index is 1.89. The topological polar surface area (TPSA) is 95.0 Å². The SMILES string of the molecule is CN(C)CCNC(=O)c1cccc(-c2cnc(N)c(-c3cccc(CC#N)c3)c2)c1. The minimum Gasteiger partial charge on any atom is -0.383 e. The Hall–Kier alpha value is -3.69. The molecule has 0 atom stereocenters. The van der Waals surface area contributed by atoms with Crippen LogP contribution in [0.5, 0.6) is 0 Å². The van der Waals surface area contributed by atoms with Crippen LogP contribution in [-0.4, -0.2) is 43.0 Å². The second-order valence-corrected chi connectivity index (χ2v) is 7.33. The molecule has 0 aliphatic rings. The summed E-state index contributed by atoms with van der Waals surface area (Å²) in [4.78, 5) is 18.8. The molecular formula is C24H25N5O. The Bertz CT molecular complexity index is 1080. The molecule has 0 bridgehead atoms. The van der Waals surface area contributed by atoms with Crippen LogP contribution in [0.1, 0.15) is 15.9 Å². The van der Waals surface area contributed by atoms with Crippen LogP contribution >= 0.6 is 0 Å². The number of benzene rings is 2. The van der Waals surface area contributed by atoms with Gasteiger partial charge < -0.3 is 16.0 Å². The molecule has 3 rings (SSSR count). The van der Waals surface area contributed by atoms with Crippen molar-refractivity contribution in [2.75, 3.05) is 32.9 Å². The standard InChI is InChI=1S/C24H25N5O/c1-29(2)12-11-27-24(30)20-8-4-6-18(14-20)21-15-22(23(26)28-16-21)19-7-3-5-17(13-19)9-10-25/h3-8,13-16H,9,11-12H2,1-2H3,(H2,26,28)(H,27,30). The molecule has 30 heavy (non-hydrogen) atoms. The number of hydrogen-bond acceptors (Lipinski definition) is 5. The fraction of sp³-hybridized carbons (Fsp3) is 0.208. The molecule has 0 aliphatic heterocycles. The maximum Gasteiger partial charge on any atom is 0.251 e. The van der Waals surface area contributed by atoms with E-state index in [1.165, 1.54) is 0 Å². The number of anilines is 1. The lowest BCUT2D eigenvalue weighted by atomic mass is 9.98. The van der Waals surface area contributed by atoms with Gasteiger partial charge >= 0.3 is 0 Å². The van der Waals surface area contributed by atoms with Crippen LogP contribution in [0.4, 0.5) is 5.82 Å². The van der Waals surface area contributed by atoms with E-state index in [0.29, 0.717) is 24.3 Å². The van der Waals surface area contributed by atoms with Gasteiger partial charge in [-0.2, -0.15) is 5.26 Å². The number of nitrogens with two attached hydrogens (primary N) is 1. The Morgan fingerprint density at radius 3 is 2.63 bits per heavy atom. The van der Waals surface area contributed by atoms with Gasteiger partial charge in [-0.15, -0.1) is 0 Å². The van der Waals surface area contributed by atoms with Crippen molar-refractivity contribution in [3.05, 3.63) is 71.9 Å². The number of nitrogens with zero attached hydrogens (tertiary/aromatic N) is 3. The Labute approximate surface area is 177 Å². The summed E-state index contributed by atoms with van der Waals surface area (Å²) >= 11 is 0. The van der Waals surface area contributed by atoms with Gasteiger partial charge in [0.2, 0.25) is 0 Å². The van der Waals surface area contributed by atoms with Crippen molar-refractivity contribution in [1.82, 2.24) is 15.2 Å². The van der Waals surface area contributed by atoms with Crippen molar-refractivity contribution >= 4 is 11.7 Å². The first-order chi connectivity index (χ1) is 14.5. The van der Waals surface area contributed by atoms with E-state index in [2.05, 4.69) is 16.4 Å². The van der Waals surface area contributed by atoms with E-state index in [-0.39, 0.29) is 5.91 Å². The molecule has 0 radical (unpaired) electrons. The van der Waals surface area contributed by atoms with Crippen molar-refractivity contribution in [3.8, 4) is 28.3 Å². The van der Waals surface area contributed by atoms with Crippen molar-refractivity contribution in [1.29, 1.82) is 5.26 Å². The summed E-state index contributed by atoms with van der Waals surface area (Å²) < 4.78 is 0. The number of carbonyl (C=O) groups is 1. The van der Waals surface area contributed by atoms with Gasteiger partial charge in [-0.25, -0.2) is 4.98 Å². The van der Waals surface area contributed by atoms with Crippen molar-refractivity contribution < 1.29 is 4.79 Å². The van der Waals surface area contributed by atoms with Gasteiger partial charge in [-0.3, -0.25) is 4.79 Å². The Morgan fingerprint density at radius 1 is 1.10 bits per heavy atom. The first-order valence-corrected chi connectivity index (χ1v) is 9.73. The van der Waals surface area contributed by atoms with Gasteiger partial charge in [-0.05, 0) is 55.1 Å². The number of carbonyl (C=O) groups excluding carboxylic acids is 1. The first-order valence-electron chi connectivity index (χ1n) is 9.73. The quantitative estimate of drug-likeness (QED) is 0.635. The second-order valence-electron chi connectivity index (χ2n) is 7.33. The molecule has 0 saturated carbocycles. The fourth-order valence-corrected chi connectivity index (χ4v) is 3.14. The third-order valence-electron chi connectivity index (χ3n) is 4.74. The van der Waals surface area contributed by atoms with Gasteiger partial charge in [0.1, 0.15) is 5.82 Å². The van der Waals surface area contributed by atoms with Crippen molar-refractivity contribution in [2.45, 2.75) is 6.42 Å². The van der Waals surface area contributed by atoms with Crippen LogP contribution in [0.3, 0.4) is 0 Å². The van der Waals surface area contributed by atoms with Gasteiger partial charge in [-0.1, -0.05) is 30.3 Å². The van der Waals surface area contributed by atoms with Crippen LogP contribution in [0.15, 0.2) is 60.8 Å². The highest BCUT2D eigenvalue weighted by molar-refractivity contribution is 5.95. The average molecular weight is 399 g/mol. The maximum atomic E-state index is 12.5. The summed E-state index contributed by atoms with van der Waals surface area (Å²) in [6, 6.07) is 19.3. The predicted octanol–water partition coefficient (Wildman–Crippen LogP) is 3.36. The highest BCUT2D eigenvalue weighted by atomic mass is 16.1. The third kappa shape index (κ3) is 5.22. The Morgan fingerprint density at radius 2 is 1.87 bits per heavy atom. The predicted molar refractivity (Wildman–Crippen MR) is 120 cm³/mol. The van der Waals surface area contributed by atoms with Gasteiger partial charge in [0.05, 0.1) is 12.5 Å². The molecule has 1 aromatic heterocycles. The van der Waals surface area contributed by atoms with Crippen LogP contribution in [0.2, 0.25) is 0 Å². The fourth-order valence-electron chi connectivity index (χ4n) is 3.14. The zero-order valence-corrected chi connectivity index (χ0v) is 17.2. The minimum atomic E-state index is -0.105. The summed E-state index contributed by atoms with van der Waals surface area (Å²) in [5.74, 6) is 0.317. The largest absolute Gasteiger partial charge is 0.383 e. The molecule has 6 heteroatoms. The summed E-state index contributed by atoms with van der Waals surface area (Å²) in [6.07, 6.45) is 2.05. The third-order valence-corrected chi connectivity index (χ3v) is 4.74. The number of nitriles is 1. The average Bonchev–Trinajstić information content (AvgIpc) is 2.74. The lowest BCUT2D eigenvalue weighted by molar-refractivity contribution is 0.0951. The van der Waals surface area contributed by atoms with E-state index in [4.69, 9.17) is 11.0 Å². The number of hydrogen-bond donors (Lipinski definition) is 2. The van der Waals surface area contributed by atoms with E-state index in [0.717, 1.165) is 34.4 Å². The lowest BCUT2D eigenvalue weighted by Gasteiger charge is -2.12. The molecule has 1 amide bonds. The number of amides is 1.